The standard InChI is InChI=1S/C21H23ClN4O4/c1-10-16-18(26(12-5-6-12)9-15(19(16)27)30-21(28)29)17(22)20(24-10)25-7-11-3-2-4-14(23)13(11)8-25/h2,4,9,11-14H,3,5-8,23H2,1H3,(H,28,29)/t11-,13+,14-/m1/s1. The van der Waals surface area contributed by atoms with Gasteiger partial charge in [0.25, 0.3) is 0 Å². The van der Waals surface area contributed by atoms with Crippen molar-refractivity contribution < 1.29 is 14.6 Å². The smallest absolute Gasteiger partial charge is 0.449 e. The van der Waals surface area contributed by atoms with Gasteiger partial charge in [-0.05, 0) is 38.0 Å². The number of anilines is 1. The van der Waals surface area contributed by atoms with Crippen molar-refractivity contribution >= 4 is 34.5 Å². The lowest BCUT2D eigenvalue weighted by Crippen LogP contribution is -2.35. The lowest BCUT2D eigenvalue weighted by Gasteiger charge is -2.25. The minimum absolute atomic E-state index is 0.0226. The molecule has 3 atom stereocenters. The van der Waals surface area contributed by atoms with Crippen LogP contribution in [0, 0.1) is 18.8 Å². The van der Waals surface area contributed by atoms with E-state index in [1.165, 1.54) is 6.20 Å². The molecule has 2 aromatic heterocycles. The predicted octanol–water partition coefficient (Wildman–Crippen LogP) is 3.09. The van der Waals surface area contributed by atoms with Crippen molar-refractivity contribution in [1.82, 2.24) is 9.55 Å². The maximum absolute atomic E-state index is 13.0. The Morgan fingerprint density at radius 1 is 1.37 bits per heavy atom. The zero-order valence-electron chi connectivity index (χ0n) is 16.5. The number of hydrogen-bond donors (Lipinski definition) is 2. The van der Waals surface area contributed by atoms with Crippen LogP contribution in [0.1, 0.15) is 31.0 Å². The molecule has 3 heterocycles. The van der Waals surface area contributed by atoms with E-state index in [2.05, 4.69) is 22.0 Å². The Bertz CT molecular complexity index is 1140. The first-order valence-corrected chi connectivity index (χ1v) is 10.6. The van der Waals surface area contributed by atoms with Crippen LogP contribution in [0.25, 0.3) is 10.9 Å². The summed E-state index contributed by atoms with van der Waals surface area (Å²) in [4.78, 5) is 30.9. The molecule has 1 saturated heterocycles. The second-order valence-electron chi connectivity index (χ2n) is 8.46. The average Bonchev–Trinajstić information content (AvgIpc) is 3.44. The number of nitrogens with two attached hydrogens (primary N) is 1. The summed E-state index contributed by atoms with van der Waals surface area (Å²) < 4.78 is 6.63. The van der Waals surface area contributed by atoms with Gasteiger partial charge in [-0.15, -0.1) is 0 Å². The average molecular weight is 431 g/mol. The van der Waals surface area contributed by atoms with Crippen LogP contribution in [0.3, 0.4) is 0 Å². The van der Waals surface area contributed by atoms with Gasteiger partial charge in [0.05, 0.1) is 22.8 Å². The first-order valence-electron chi connectivity index (χ1n) is 10.2. The number of fused-ring (bicyclic) bond motifs is 2. The van der Waals surface area contributed by atoms with E-state index in [0.717, 1.165) is 32.4 Å². The monoisotopic (exact) mass is 430 g/mol. The van der Waals surface area contributed by atoms with E-state index in [0.29, 0.717) is 39.3 Å². The van der Waals surface area contributed by atoms with E-state index in [4.69, 9.17) is 27.2 Å². The third-order valence-electron chi connectivity index (χ3n) is 6.46. The molecule has 8 nitrogen and oxygen atoms in total. The number of halogens is 1. The molecule has 0 unspecified atom stereocenters. The first-order chi connectivity index (χ1) is 14.3. The number of carboxylic acid groups (broad SMARTS) is 1. The summed E-state index contributed by atoms with van der Waals surface area (Å²) >= 11 is 6.87. The van der Waals surface area contributed by atoms with Crippen LogP contribution >= 0.6 is 11.6 Å². The van der Waals surface area contributed by atoms with Gasteiger partial charge in [0.15, 0.2) is 5.75 Å². The molecule has 30 heavy (non-hydrogen) atoms. The largest absolute Gasteiger partial charge is 0.511 e. The van der Waals surface area contributed by atoms with Gasteiger partial charge in [-0.3, -0.25) is 4.79 Å². The van der Waals surface area contributed by atoms with E-state index in [-0.39, 0.29) is 17.8 Å². The Balaban J connectivity index is 1.66. The highest BCUT2D eigenvalue weighted by Gasteiger charge is 2.39. The van der Waals surface area contributed by atoms with Crippen molar-refractivity contribution in [3.63, 3.8) is 0 Å². The highest BCUT2D eigenvalue weighted by Crippen LogP contribution is 2.43. The minimum atomic E-state index is -1.52. The van der Waals surface area contributed by atoms with Crippen LogP contribution in [-0.4, -0.2) is 39.9 Å². The lowest BCUT2D eigenvalue weighted by molar-refractivity contribution is 0.143. The van der Waals surface area contributed by atoms with Gasteiger partial charge in [0, 0.05) is 25.2 Å². The van der Waals surface area contributed by atoms with Crippen molar-refractivity contribution in [3.05, 3.63) is 39.3 Å². The molecule has 3 aliphatic rings. The Hall–Kier alpha value is -2.58. The van der Waals surface area contributed by atoms with Crippen molar-refractivity contribution in [2.45, 2.75) is 38.3 Å². The van der Waals surface area contributed by atoms with E-state index in [1.54, 1.807) is 6.92 Å². The second kappa shape index (κ2) is 6.99. The molecule has 2 aromatic rings. The number of allylic oxidation sites excluding steroid dienone is 1. The van der Waals surface area contributed by atoms with E-state index < -0.39 is 11.6 Å². The third kappa shape index (κ3) is 3.06. The van der Waals surface area contributed by atoms with Gasteiger partial charge < -0.3 is 25.0 Å². The number of hydrogen-bond acceptors (Lipinski definition) is 6. The Morgan fingerprint density at radius 2 is 2.13 bits per heavy atom. The SMILES string of the molecule is Cc1nc(N2C[C@H]3CC=C[C@@H](N)[C@H]3C2)c(Cl)c2c1c(=O)c(OC(=O)O)cn2C1CC1. The Kier molecular flexibility index (Phi) is 4.52. The van der Waals surface area contributed by atoms with Gasteiger partial charge in [0.1, 0.15) is 10.8 Å². The fourth-order valence-electron chi connectivity index (χ4n) is 4.86. The first kappa shape index (κ1) is 19.4. The van der Waals surface area contributed by atoms with Gasteiger partial charge in [-0.2, -0.15) is 0 Å². The number of aryl methyl sites for hydroxylation is 1. The normalized spacial score (nSPS) is 25.6. The molecule has 3 N–H and O–H groups in total. The molecule has 1 saturated carbocycles. The van der Waals surface area contributed by atoms with Crippen molar-refractivity contribution in [2.75, 3.05) is 18.0 Å². The van der Waals surface area contributed by atoms with Gasteiger partial charge >= 0.3 is 6.16 Å². The molecule has 0 bridgehead atoms. The van der Waals surface area contributed by atoms with E-state index >= 15 is 0 Å². The molecule has 158 valence electrons. The number of carbonyl (C=O) groups is 1. The number of nitrogens with zero attached hydrogens (tertiary/aromatic N) is 3. The van der Waals surface area contributed by atoms with Crippen LogP contribution in [-0.2, 0) is 0 Å². The Labute approximate surface area is 177 Å². The highest BCUT2D eigenvalue weighted by molar-refractivity contribution is 6.37. The molecule has 5 rings (SSSR count). The zero-order valence-corrected chi connectivity index (χ0v) is 17.3. The number of pyridine rings is 2. The summed E-state index contributed by atoms with van der Waals surface area (Å²) in [5.74, 6) is 1.24. The van der Waals surface area contributed by atoms with E-state index in [9.17, 15) is 9.59 Å². The summed E-state index contributed by atoms with van der Waals surface area (Å²) in [5, 5.41) is 9.74. The number of aromatic nitrogens is 2. The maximum atomic E-state index is 13.0. The molecular formula is C21H23ClN4O4. The summed E-state index contributed by atoms with van der Waals surface area (Å²) in [6.07, 6.45) is 7.02. The van der Waals surface area contributed by atoms with Gasteiger partial charge in [0.2, 0.25) is 5.43 Å². The summed E-state index contributed by atoms with van der Waals surface area (Å²) in [6.45, 7) is 3.33. The van der Waals surface area contributed by atoms with Crippen molar-refractivity contribution in [1.29, 1.82) is 0 Å². The molecule has 0 spiro atoms. The minimum Gasteiger partial charge on any atom is -0.449 e. The van der Waals surface area contributed by atoms with Crippen LogP contribution in [0.4, 0.5) is 10.6 Å². The molecule has 2 aliphatic carbocycles. The fourth-order valence-corrected chi connectivity index (χ4v) is 5.22. The second-order valence-corrected chi connectivity index (χ2v) is 8.84. The summed E-state index contributed by atoms with van der Waals surface area (Å²) in [6, 6.07) is 0.185. The number of rotatable bonds is 3. The van der Waals surface area contributed by atoms with Crippen LogP contribution in [0.2, 0.25) is 5.02 Å². The topological polar surface area (TPSA) is 111 Å². The van der Waals surface area contributed by atoms with Crippen LogP contribution in [0.5, 0.6) is 5.75 Å². The fraction of sp³-hybridized carbons (Fsp3) is 0.476. The van der Waals surface area contributed by atoms with Crippen LogP contribution < -0.4 is 20.8 Å². The highest BCUT2D eigenvalue weighted by atomic mass is 35.5. The molecular weight excluding hydrogens is 408 g/mol. The predicted molar refractivity (Wildman–Crippen MR) is 114 cm³/mol. The maximum Gasteiger partial charge on any atom is 0.511 e. The summed E-state index contributed by atoms with van der Waals surface area (Å²) in [5.41, 5.74) is 6.89. The van der Waals surface area contributed by atoms with Gasteiger partial charge in [-0.25, -0.2) is 9.78 Å². The zero-order chi connectivity index (χ0) is 21.2. The molecule has 9 heteroatoms. The van der Waals surface area contributed by atoms with Gasteiger partial charge in [-0.1, -0.05) is 23.8 Å². The Morgan fingerprint density at radius 3 is 2.80 bits per heavy atom. The summed E-state index contributed by atoms with van der Waals surface area (Å²) in [7, 11) is 0. The lowest BCUT2D eigenvalue weighted by atomic mass is 9.83. The molecule has 2 fully saturated rings. The molecule has 0 aromatic carbocycles. The quantitative estimate of drug-likeness (QED) is 0.568. The van der Waals surface area contributed by atoms with Crippen molar-refractivity contribution in [3.8, 4) is 5.75 Å². The van der Waals surface area contributed by atoms with Crippen LogP contribution in [0.15, 0.2) is 23.1 Å². The molecule has 0 amide bonds. The van der Waals surface area contributed by atoms with E-state index in [1.807, 2.05) is 4.57 Å². The molecule has 1 aliphatic heterocycles. The van der Waals surface area contributed by atoms with Crippen molar-refractivity contribution in [2.24, 2.45) is 17.6 Å². The third-order valence-corrected chi connectivity index (χ3v) is 6.81. The number of ether oxygens (including phenoxy) is 1. The molecule has 0 radical (unpaired) electrons.